The van der Waals surface area contributed by atoms with Crippen LogP contribution in [0.15, 0.2) is 54.9 Å². The predicted octanol–water partition coefficient (Wildman–Crippen LogP) is 2.88. The zero-order chi connectivity index (χ0) is 13.1. The van der Waals surface area contributed by atoms with Crippen molar-refractivity contribution in [3.8, 4) is 11.6 Å². The number of ether oxygens (including phenoxy) is 1. The maximum Gasteiger partial charge on any atom is 0.219 e. The maximum absolute atomic E-state index is 5.78. The summed E-state index contributed by atoms with van der Waals surface area (Å²) in [6, 6.07) is 13.4. The molecule has 4 heteroatoms. The van der Waals surface area contributed by atoms with Gasteiger partial charge >= 0.3 is 0 Å². The lowest BCUT2D eigenvalue weighted by molar-refractivity contribution is 0.467. The smallest absolute Gasteiger partial charge is 0.219 e. The molecule has 0 radical (unpaired) electrons. The average Bonchev–Trinajstić information content (AvgIpc) is 2.48. The van der Waals surface area contributed by atoms with Crippen molar-refractivity contribution in [1.29, 1.82) is 0 Å². The van der Waals surface area contributed by atoms with Crippen LogP contribution in [0, 0.1) is 0 Å². The van der Waals surface area contributed by atoms with Gasteiger partial charge in [-0.3, -0.25) is 4.98 Å². The summed E-state index contributed by atoms with van der Waals surface area (Å²) in [7, 11) is 0. The molecule has 4 nitrogen and oxygen atoms in total. The highest BCUT2D eigenvalue weighted by Gasteiger charge is 2.04. The molecule has 3 rings (SSSR count). The zero-order valence-electron chi connectivity index (χ0n) is 10.3. The highest BCUT2D eigenvalue weighted by molar-refractivity contribution is 5.84. The molecule has 0 spiro atoms. The third-order valence-electron chi connectivity index (χ3n) is 2.84. The number of pyridine rings is 2. The second-order valence-electron chi connectivity index (χ2n) is 4.14. The van der Waals surface area contributed by atoms with Gasteiger partial charge in [-0.15, -0.1) is 0 Å². The number of aromatic nitrogens is 2. The number of benzene rings is 1. The third kappa shape index (κ3) is 2.39. The fraction of sp³-hybridized carbons (Fsp3) is 0.0667. The summed E-state index contributed by atoms with van der Waals surface area (Å²) in [5.41, 5.74) is 7.34. The summed E-state index contributed by atoms with van der Waals surface area (Å²) in [5.74, 6) is 1.24. The molecule has 0 amide bonds. The average molecular weight is 251 g/mol. The Morgan fingerprint density at radius 3 is 2.68 bits per heavy atom. The van der Waals surface area contributed by atoms with E-state index >= 15 is 0 Å². The number of hydrogen-bond acceptors (Lipinski definition) is 4. The fourth-order valence-corrected chi connectivity index (χ4v) is 1.86. The van der Waals surface area contributed by atoms with Gasteiger partial charge < -0.3 is 10.5 Å². The van der Waals surface area contributed by atoms with E-state index in [9.17, 15) is 0 Å². The Morgan fingerprint density at radius 2 is 1.89 bits per heavy atom. The van der Waals surface area contributed by atoms with E-state index in [1.807, 2.05) is 42.5 Å². The van der Waals surface area contributed by atoms with E-state index in [4.69, 9.17) is 10.5 Å². The van der Waals surface area contributed by atoms with Gasteiger partial charge in [0.1, 0.15) is 5.52 Å². The molecule has 2 N–H and O–H groups in total. The lowest BCUT2D eigenvalue weighted by Crippen LogP contribution is -1.97. The number of nitrogens with two attached hydrogens (primary N) is 1. The molecular formula is C15H13N3O. The van der Waals surface area contributed by atoms with Crippen LogP contribution >= 0.6 is 0 Å². The summed E-state index contributed by atoms with van der Waals surface area (Å²) in [4.78, 5) is 8.56. The Bertz CT molecular complexity index is 690. The molecule has 94 valence electrons. The Kier molecular flexibility index (Phi) is 3.08. The molecule has 3 aromatic rings. The first-order valence-electron chi connectivity index (χ1n) is 6.03. The van der Waals surface area contributed by atoms with E-state index in [1.54, 1.807) is 12.4 Å². The van der Waals surface area contributed by atoms with Crippen molar-refractivity contribution >= 4 is 10.9 Å². The monoisotopic (exact) mass is 251 g/mol. The molecule has 2 aromatic heterocycles. The largest absolute Gasteiger partial charge is 0.437 e. The molecule has 0 unspecified atom stereocenters. The number of nitrogens with zero attached hydrogens (tertiary/aromatic N) is 2. The molecule has 0 saturated heterocycles. The molecule has 0 aliphatic carbocycles. The molecule has 0 aliphatic rings. The highest BCUT2D eigenvalue weighted by atomic mass is 16.5. The van der Waals surface area contributed by atoms with Gasteiger partial charge in [0.15, 0.2) is 5.75 Å². The maximum atomic E-state index is 5.78. The van der Waals surface area contributed by atoms with Crippen molar-refractivity contribution in [3.05, 3.63) is 60.4 Å². The predicted molar refractivity (Wildman–Crippen MR) is 73.9 cm³/mol. The quantitative estimate of drug-likeness (QED) is 0.777. The summed E-state index contributed by atoms with van der Waals surface area (Å²) in [6.45, 7) is 0.475. The van der Waals surface area contributed by atoms with E-state index < -0.39 is 0 Å². The van der Waals surface area contributed by atoms with Gasteiger partial charge in [-0.2, -0.15) is 0 Å². The van der Waals surface area contributed by atoms with Crippen molar-refractivity contribution in [2.45, 2.75) is 6.54 Å². The van der Waals surface area contributed by atoms with Crippen LogP contribution in [0.1, 0.15) is 5.56 Å². The minimum Gasteiger partial charge on any atom is -0.437 e. The molecule has 0 bridgehead atoms. The second kappa shape index (κ2) is 5.04. The van der Waals surface area contributed by atoms with Crippen LogP contribution in [0.3, 0.4) is 0 Å². The van der Waals surface area contributed by atoms with Gasteiger partial charge in [0, 0.05) is 30.4 Å². The lowest BCUT2D eigenvalue weighted by Gasteiger charge is -2.07. The minimum absolute atomic E-state index is 0.475. The third-order valence-corrected chi connectivity index (χ3v) is 2.84. The Labute approximate surface area is 110 Å². The van der Waals surface area contributed by atoms with Gasteiger partial charge in [-0.25, -0.2) is 4.98 Å². The summed E-state index contributed by atoms with van der Waals surface area (Å²) in [6.07, 6.45) is 3.47. The van der Waals surface area contributed by atoms with Crippen LogP contribution in [0.2, 0.25) is 0 Å². The number of fused-ring (bicyclic) bond motifs is 1. The Morgan fingerprint density at radius 1 is 1.00 bits per heavy atom. The van der Waals surface area contributed by atoms with E-state index in [-0.39, 0.29) is 0 Å². The summed E-state index contributed by atoms with van der Waals surface area (Å²) in [5, 5.41) is 1.04. The standard InChI is InChI=1S/C15H13N3O/c16-9-11-6-7-14(18-10-11)19-13-5-1-3-12-4-2-8-17-15(12)13/h1-8,10H,9,16H2. The fourth-order valence-electron chi connectivity index (χ4n) is 1.86. The van der Waals surface area contributed by atoms with Crippen LogP contribution in [0.4, 0.5) is 0 Å². The highest BCUT2D eigenvalue weighted by Crippen LogP contribution is 2.27. The van der Waals surface area contributed by atoms with Gasteiger partial charge in [0.2, 0.25) is 5.88 Å². The molecule has 0 atom stereocenters. The van der Waals surface area contributed by atoms with Gasteiger partial charge in [-0.1, -0.05) is 24.3 Å². The number of rotatable bonds is 3. The molecule has 0 fully saturated rings. The van der Waals surface area contributed by atoms with Gasteiger partial charge in [-0.05, 0) is 17.7 Å². The summed E-state index contributed by atoms with van der Waals surface area (Å²) < 4.78 is 5.78. The minimum atomic E-state index is 0.475. The molecule has 1 aromatic carbocycles. The topological polar surface area (TPSA) is 61.0 Å². The first-order valence-corrected chi connectivity index (χ1v) is 6.03. The lowest BCUT2D eigenvalue weighted by atomic mass is 10.2. The van der Waals surface area contributed by atoms with Gasteiger partial charge in [0.05, 0.1) is 0 Å². The first kappa shape index (κ1) is 11.6. The molecule has 0 aliphatic heterocycles. The first-order chi connectivity index (χ1) is 9.36. The molecule has 2 heterocycles. The molecule has 19 heavy (non-hydrogen) atoms. The van der Waals surface area contributed by atoms with Crippen molar-refractivity contribution in [2.75, 3.05) is 0 Å². The zero-order valence-corrected chi connectivity index (χ0v) is 10.3. The van der Waals surface area contributed by atoms with Crippen LogP contribution in [-0.2, 0) is 6.54 Å². The normalized spacial score (nSPS) is 10.6. The van der Waals surface area contributed by atoms with Crippen molar-refractivity contribution < 1.29 is 4.74 Å². The second-order valence-corrected chi connectivity index (χ2v) is 4.14. The number of para-hydroxylation sites is 1. The van der Waals surface area contributed by atoms with Gasteiger partial charge in [0.25, 0.3) is 0 Å². The van der Waals surface area contributed by atoms with E-state index in [0.717, 1.165) is 16.5 Å². The van der Waals surface area contributed by atoms with Crippen molar-refractivity contribution in [3.63, 3.8) is 0 Å². The van der Waals surface area contributed by atoms with Crippen LogP contribution in [-0.4, -0.2) is 9.97 Å². The van der Waals surface area contributed by atoms with E-state index in [0.29, 0.717) is 18.2 Å². The summed E-state index contributed by atoms with van der Waals surface area (Å²) >= 11 is 0. The molecular weight excluding hydrogens is 238 g/mol. The Hall–Kier alpha value is -2.46. The Balaban J connectivity index is 1.96. The van der Waals surface area contributed by atoms with Crippen molar-refractivity contribution in [1.82, 2.24) is 9.97 Å². The van der Waals surface area contributed by atoms with Crippen LogP contribution in [0.25, 0.3) is 10.9 Å². The SMILES string of the molecule is NCc1ccc(Oc2cccc3cccnc23)nc1. The van der Waals surface area contributed by atoms with Crippen LogP contribution in [0.5, 0.6) is 11.6 Å². The van der Waals surface area contributed by atoms with Crippen molar-refractivity contribution in [2.24, 2.45) is 5.73 Å². The molecule has 0 saturated carbocycles. The van der Waals surface area contributed by atoms with E-state index in [1.165, 1.54) is 0 Å². The number of hydrogen-bond donors (Lipinski definition) is 1. The van der Waals surface area contributed by atoms with Crippen LogP contribution < -0.4 is 10.5 Å². The van der Waals surface area contributed by atoms with E-state index in [2.05, 4.69) is 9.97 Å².